The molecule has 214 valence electrons. The van der Waals surface area contributed by atoms with Crippen LogP contribution < -0.4 is 0 Å². The van der Waals surface area contributed by atoms with E-state index in [9.17, 15) is 47.9 Å². The average molecular weight is 605 g/mol. The molecule has 0 N–H and O–H groups in total. The lowest BCUT2D eigenvalue weighted by molar-refractivity contribution is -0.382. The Morgan fingerprint density at radius 3 is 1.36 bits per heavy atom. The van der Waals surface area contributed by atoms with E-state index in [4.69, 9.17) is 3.63 Å². The highest BCUT2D eigenvalue weighted by Crippen LogP contribution is 2.72. The van der Waals surface area contributed by atoms with E-state index in [-0.39, 0.29) is 25.8 Å². The summed E-state index contributed by atoms with van der Waals surface area (Å²) >= 11 is 0. The highest BCUT2D eigenvalue weighted by molar-refractivity contribution is 8.33. The fourth-order valence-corrected chi connectivity index (χ4v) is 9.63. The predicted octanol–water partition coefficient (Wildman–Crippen LogP) is 8.58. The van der Waals surface area contributed by atoms with Crippen LogP contribution in [0.1, 0.15) is 16.7 Å². The van der Waals surface area contributed by atoms with Crippen molar-refractivity contribution in [2.75, 3.05) is 0 Å². The van der Waals surface area contributed by atoms with Gasteiger partial charge in [0.15, 0.2) is 0 Å². The minimum absolute atomic E-state index is 0.0456. The Hall–Kier alpha value is -2.71. The van der Waals surface area contributed by atoms with E-state index >= 15 is 0 Å². The fraction of sp³-hybridized carbons (Fsp3) is 0.280. The van der Waals surface area contributed by atoms with E-state index in [2.05, 4.69) is 0 Å². The Labute approximate surface area is 220 Å². The van der Waals surface area contributed by atoms with Crippen LogP contribution in [-0.2, 0) is 13.7 Å². The second-order valence-electron chi connectivity index (χ2n) is 8.60. The van der Waals surface area contributed by atoms with Crippen LogP contribution in [0.3, 0.4) is 0 Å². The number of hydrogen-bond acceptors (Lipinski definition) is 3. The lowest BCUT2D eigenvalue weighted by Crippen LogP contribution is -2.63. The van der Waals surface area contributed by atoms with Gasteiger partial charge in [-0.15, -0.1) is 0 Å². The summed E-state index contributed by atoms with van der Waals surface area (Å²) in [6.07, 6.45) is -7.21. The van der Waals surface area contributed by atoms with E-state index in [0.717, 1.165) is 0 Å². The van der Waals surface area contributed by atoms with Gasteiger partial charge in [0.1, 0.15) is 0 Å². The molecule has 0 atom stereocenters. The van der Waals surface area contributed by atoms with Gasteiger partial charge in [-0.3, -0.25) is 0 Å². The molecule has 0 amide bonds. The van der Waals surface area contributed by atoms with E-state index < -0.39 is 43.7 Å². The molecule has 3 aromatic rings. The SMILES string of the molecule is Cc1cc(C)c(S(OS(=O)(=O)C(F)(F)C(F)(F)C(F)(F)C(F)(F)F)(c2ccccc2)c2ccccc2)c(C)c1. The molecule has 3 aromatic carbocycles. The van der Waals surface area contributed by atoms with E-state index in [1.54, 1.807) is 6.92 Å². The van der Waals surface area contributed by atoms with Gasteiger partial charge in [-0.25, -0.2) is 3.63 Å². The Morgan fingerprint density at radius 1 is 0.615 bits per heavy atom. The molecule has 0 aliphatic heterocycles. The first-order chi connectivity index (χ1) is 17.7. The molecule has 0 fully saturated rings. The van der Waals surface area contributed by atoms with Crippen molar-refractivity contribution >= 4 is 20.4 Å². The first-order valence-corrected chi connectivity index (χ1v) is 13.9. The zero-order chi connectivity index (χ0) is 29.7. The van der Waals surface area contributed by atoms with Gasteiger partial charge in [0.25, 0.3) is 0 Å². The second-order valence-corrected chi connectivity index (χ2v) is 13.0. The molecule has 0 aliphatic carbocycles. The molecule has 0 radical (unpaired) electrons. The zero-order valence-electron chi connectivity index (χ0n) is 20.4. The Kier molecular flexibility index (Phi) is 7.94. The van der Waals surface area contributed by atoms with Gasteiger partial charge >= 0.3 is 33.4 Å². The molecule has 3 rings (SSSR count). The van der Waals surface area contributed by atoms with Crippen LogP contribution in [0, 0.1) is 20.8 Å². The molecule has 0 aliphatic rings. The van der Waals surface area contributed by atoms with Gasteiger partial charge in [0.05, 0.1) is 0 Å². The van der Waals surface area contributed by atoms with Crippen molar-refractivity contribution in [3.8, 4) is 0 Å². The average Bonchev–Trinajstić information content (AvgIpc) is 2.82. The first kappa shape index (κ1) is 30.8. The molecule has 0 heterocycles. The van der Waals surface area contributed by atoms with Crippen LogP contribution in [-0.4, -0.2) is 31.7 Å². The summed E-state index contributed by atoms with van der Waals surface area (Å²) < 4.78 is 155. The van der Waals surface area contributed by atoms with Crippen LogP contribution in [0.25, 0.3) is 0 Å². The van der Waals surface area contributed by atoms with Crippen molar-refractivity contribution in [2.24, 2.45) is 0 Å². The maximum Gasteiger partial charge on any atom is 0.460 e. The quantitative estimate of drug-likeness (QED) is 0.242. The number of benzene rings is 3. The number of aryl methyl sites for hydroxylation is 3. The topological polar surface area (TPSA) is 43.4 Å². The molecule has 0 aromatic heterocycles. The highest BCUT2D eigenvalue weighted by atomic mass is 32.3. The van der Waals surface area contributed by atoms with E-state index in [1.165, 1.54) is 86.6 Å². The fourth-order valence-electron chi connectivity index (χ4n) is 4.02. The lowest BCUT2D eigenvalue weighted by atomic mass is 10.1. The highest BCUT2D eigenvalue weighted by Gasteiger charge is 2.86. The van der Waals surface area contributed by atoms with Gasteiger partial charge in [0, 0.05) is 14.7 Å². The molecule has 0 saturated heterocycles. The third kappa shape index (κ3) is 4.91. The smallest absolute Gasteiger partial charge is 0.202 e. The molecule has 0 spiro atoms. The van der Waals surface area contributed by atoms with Gasteiger partial charge < -0.3 is 0 Å². The molecule has 39 heavy (non-hydrogen) atoms. The number of rotatable bonds is 8. The summed E-state index contributed by atoms with van der Waals surface area (Å²) in [5.74, 6) is -14.9. The standard InChI is InChI=1S/C25H21F9O3S2/c1-16-14-17(2)21(18(3)15-16)38(19-10-6-4-7-11-19,20-12-8-5-9-13-20)37-39(35,36)25(33,34)23(28,29)22(26,27)24(30,31)32/h4-15H,1-3H3. The third-order valence-corrected chi connectivity index (χ3v) is 11.2. The van der Waals surface area contributed by atoms with Crippen LogP contribution in [0.15, 0.2) is 87.5 Å². The minimum Gasteiger partial charge on any atom is -0.202 e. The molecular weight excluding hydrogens is 583 g/mol. The summed E-state index contributed by atoms with van der Waals surface area (Å²) in [4.78, 5) is -0.302. The second kappa shape index (κ2) is 10.0. The number of alkyl halides is 9. The Balaban J connectivity index is 2.44. The predicted molar refractivity (Wildman–Crippen MR) is 127 cm³/mol. The van der Waals surface area contributed by atoms with Crippen LogP contribution in [0.4, 0.5) is 39.5 Å². The Bertz CT molecular complexity index is 1380. The zero-order valence-corrected chi connectivity index (χ0v) is 22.0. The van der Waals surface area contributed by atoms with Gasteiger partial charge in [0.2, 0.25) is 0 Å². The molecule has 14 heteroatoms. The van der Waals surface area contributed by atoms with Crippen molar-refractivity contribution < 1.29 is 51.6 Å². The number of hydrogen-bond donors (Lipinski definition) is 0. The van der Waals surface area contributed by atoms with E-state index in [0.29, 0.717) is 5.56 Å². The number of halogens is 9. The monoisotopic (exact) mass is 604 g/mol. The third-order valence-electron chi connectivity index (χ3n) is 5.66. The maximum absolute atomic E-state index is 14.9. The summed E-state index contributed by atoms with van der Waals surface area (Å²) in [6.45, 7) is 4.59. The lowest BCUT2D eigenvalue weighted by Gasteiger charge is -2.43. The van der Waals surface area contributed by atoms with E-state index in [1.807, 2.05) is 0 Å². The first-order valence-electron chi connectivity index (χ1n) is 10.9. The van der Waals surface area contributed by atoms with Gasteiger partial charge in [-0.1, -0.05) is 54.1 Å². The van der Waals surface area contributed by atoms with Crippen molar-refractivity contribution in [1.29, 1.82) is 0 Å². The molecule has 0 bridgehead atoms. The van der Waals surface area contributed by atoms with Gasteiger partial charge in [-0.2, -0.15) is 47.9 Å². The van der Waals surface area contributed by atoms with Crippen LogP contribution >= 0.6 is 10.3 Å². The van der Waals surface area contributed by atoms with Gasteiger partial charge in [-0.05, 0) is 66.5 Å². The summed E-state index contributed by atoms with van der Waals surface area (Å²) in [5.41, 5.74) is 1.18. The largest absolute Gasteiger partial charge is 0.460 e. The summed E-state index contributed by atoms with van der Waals surface area (Å²) in [6, 6.07) is 16.4. The Morgan fingerprint density at radius 2 is 1.00 bits per heavy atom. The minimum atomic E-state index is -7.44. The van der Waals surface area contributed by atoms with Crippen molar-refractivity contribution in [3.05, 3.63) is 89.5 Å². The molecular formula is C25H21F9O3S2. The molecule has 0 unspecified atom stereocenters. The van der Waals surface area contributed by atoms with Crippen LogP contribution in [0.5, 0.6) is 0 Å². The maximum atomic E-state index is 14.9. The molecule has 0 saturated carbocycles. The summed E-state index contributed by atoms with van der Waals surface area (Å²) in [5, 5.41) is -7.02. The van der Waals surface area contributed by atoms with Crippen molar-refractivity contribution in [2.45, 2.75) is 58.7 Å². The molecule has 3 nitrogen and oxygen atoms in total. The van der Waals surface area contributed by atoms with Crippen molar-refractivity contribution in [3.63, 3.8) is 0 Å². The van der Waals surface area contributed by atoms with Crippen LogP contribution in [0.2, 0.25) is 0 Å². The summed E-state index contributed by atoms with van der Waals surface area (Å²) in [7, 11) is -11.3. The normalized spacial score (nSPS) is 14.4. The van der Waals surface area contributed by atoms with Crippen molar-refractivity contribution in [1.82, 2.24) is 0 Å².